The molecule has 2 rings (SSSR count). The summed E-state index contributed by atoms with van der Waals surface area (Å²) in [7, 11) is 0. The monoisotopic (exact) mass is 191 g/mol. The standard InChI is InChI=1S/C11H13NO2/c1-2-11(6-7-11)14-10-5-3-4-9(8-13)12-10/h3-5,8H,2,6-7H2,1H3. The summed E-state index contributed by atoms with van der Waals surface area (Å²) in [6.07, 6.45) is 3.92. The van der Waals surface area contributed by atoms with E-state index in [0.717, 1.165) is 25.5 Å². The molecule has 74 valence electrons. The summed E-state index contributed by atoms with van der Waals surface area (Å²) in [6, 6.07) is 5.26. The summed E-state index contributed by atoms with van der Waals surface area (Å²) in [6.45, 7) is 2.11. The van der Waals surface area contributed by atoms with E-state index in [0.29, 0.717) is 11.6 Å². The lowest BCUT2D eigenvalue weighted by Gasteiger charge is -2.14. The number of pyridine rings is 1. The molecule has 0 radical (unpaired) electrons. The Hall–Kier alpha value is -1.38. The lowest BCUT2D eigenvalue weighted by molar-refractivity contribution is 0.111. The number of hydrogen-bond donors (Lipinski definition) is 0. The molecule has 1 aliphatic carbocycles. The van der Waals surface area contributed by atoms with Gasteiger partial charge in [-0.05, 0) is 25.3 Å². The van der Waals surface area contributed by atoms with E-state index in [1.165, 1.54) is 0 Å². The van der Waals surface area contributed by atoms with E-state index in [1.807, 2.05) is 0 Å². The summed E-state index contributed by atoms with van der Waals surface area (Å²) >= 11 is 0. The lowest BCUT2D eigenvalue weighted by atomic mass is 10.2. The molecule has 1 aliphatic rings. The zero-order chi connectivity index (χ0) is 10.0. The van der Waals surface area contributed by atoms with Gasteiger partial charge in [-0.1, -0.05) is 13.0 Å². The van der Waals surface area contributed by atoms with Crippen molar-refractivity contribution < 1.29 is 9.53 Å². The fourth-order valence-electron chi connectivity index (χ4n) is 1.44. The van der Waals surface area contributed by atoms with Crippen LogP contribution in [-0.2, 0) is 0 Å². The van der Waals surface area contributed by atoms with Gasteiger partial charge < -0.3 is 4.74 Å². The molecule has 0 saturated heterocycles. The molecule has 1 aromatic heterocycles. The molecular formula is C11H13NO2. The highest BCUT2D eigenvalue weighted by Crippen LogP contribution is 2.42. The zero-order valence-electron chi connectivity index (χ0n) is 8.19. The molecule has 0 N–H and O–H groups in total. The molecule has 1 aromatic rings. The highest BCUT2D eigenvalue weighted by atomic mass is 16.5. The van der Waals surface area contributed by atoms with Crippen molar-refractivity contribution in [3.05, 3.63) is 23.9 Å². The SMILES string of the molecule is CCC1(Oc2cccc(C=O)n2)CC1. The number of hydrogen-bond acceptors (Lipinski definition) is 3. The average Bonchev–Trinajstić information content (AvgIpc) is 2.99. The molecule has 3 nitrogen and oxygen atoms in total. The number of rotatable bonds is 4. The minimum Gasteiger partial charge on any atom is -0.471 e. The van der Waals surface area contributed by atoms with E-state index in [2.05, 4.69) is 11.9 Å². The molecule has 0 atom stereocenters. The predicted octanol–water partition coefficient (Wildman–Crippen LogP) is 2.22. The lowest BCUT2D eigenvalue weighted by Crippen LogP contribution is -2.17. The minimum absolute atomic E-state index is 0.00844. The second kappa shape index (κ2) is 3.40. The van der Waals surface area contributed by atoms with Crippen LogP contribution in [0.2, 0.25) is 0 Å². The van der Waals surface area contributed by atoms with Crippen LogP contribution in [0.25, 0.3) is 0 Å². The van der Waals surface area contributed by atoms with Crippen LogP contribution in [0.5, 0.6) is 5.88 Å². The Bertz CT molecular complexity index is 345. The summed E-state index contributed by atoms with van der Waals surface area (Å²) in [5.74, 6) is 0.564. The van der Waals surface area contributed by atoms with Gasteiger partial charge in [-0.2, -0.15) is 0 Å². The summed E-state index contributed by atoms with van der Waals surface area (Å²) in [5, 5.41) is 0. The molecule has 0 unspecified atom stereocenters. The summed E-state index contributed by atoms with van der Waals surface area (Å²) < 4.78 is 5.73. The molecule has 1 heterocycles. The Labute approximate surface area is 83.1 Å². The quantitative estimate of drug-likeness (QED) is 0.685. The largest absolute Gasteiger partial charge is 0.471 e. The van der Waals surface area contributed by atoms with Crippen LogP contribution in [0, 0.1) is 0 Å². The maximum atomic E-state index is 10.5. The molecule has 0 aromatic carbocycles. The maximum Gasteiger partial charge on any atom is 0.214 e. The van der Waals surface area contributed by atoms with Crippen molar-refractivity contribution in [2.24, 2.45) is 0 Å². The van der Waals surface area contributed by atoms with Crippen molar-refractivity contribution in [1.29, 1.82) is 0 Å². The Morgan fingerprint density at radius 1 is 1.57 bits per heavy atom. The van der Waals surface area contributed by atoms with Gasteiger partial charge in [0, 0.05) is 6.07 Å². The van der Waals surface area contributed by atoms with Crippen molar-refractivity contribution in [1.82, 2.24) is 4.98 Å². The van der Waals surface area contributed by atoms with Crippen molar-refractivity contribution in [3.8, 4) is 5.88 Å². The first-order chi connectivity index (χ1) is 6.78. The maximum absolute atomic E-state index is 10.5. The van der Waals surface area contributed by atoms with Crippen LogP contribution in [0.3, 0.4) is 0 Å². The van der Waals surface area contributed by atoms with E-state index < -0.39 is 0 Å². The average molecular weight is 191 g/mol. The minimum atomic E-state index is 0.00844. The van der Waals surface area contributed by atoms with E-state index >= 15 is 0 Å². The number of nitrogens with zero attached hydrogens (tertiary/aromatic N) is 1. The number of ether oxygens (including phenoxy) is 1. The van der Waals surface area contributed by atoms with Crippen molar-refractivity contribution >= 4 is 6.29 Å². The molecule has 1 saturated carbocycles. The highest BCUT2D eigenvalue weighted by molar-refractivity contribution is 5.71. The Kier molecular flexibility index (Phi) is 2.23. The third kappa shape index (κ3) is 1.76. The third-order valence-electron chi connectivity index (χ3n) is 2.64. The van der Waals surface area contributed by atoms with E-state index in [-0.39, 0.29) is 5.60 Å². The van der Waals surface area contributed by atoms with Crippen LogP contribution >= 0.6 is 0 Å². The van der Waals surface area contributed by atoms with Gasteiger partial charge in [0.15, 0.2) is 6.29 Å². The number of aromatic nitrogens is 1. The smallest absolute Gasteiger partial charge is 0.214 e. The third-order valence-corrected chi connectivity index (χ3v) is 2.64. The van der Waals surface area contributed by atoms with Crippen LogP contribution < -0.4 is 4.74 Å². The van der Waals surface area contributed by atoms with Gasteiger partial charge in [0.25, 0.3) is 0 Å². The van der Waals surface area contributed by atoms with Crippen LogP contribution in [0.4, 0.5) is 0 Å². The van der Waals surface area contributed by atoms with E-state index in [9.17, 15) is 4.79 Å². The van der Waals surface area contributed by atoms with Gasteiger partial charge in [-0.3, -0.25) is 4.79 Å². The highest BCUT2D eigenvalue weighted by Gasteiger charge is 2.43. The van der Waals surface area contributed by atoms with Gasteiger partial charge in [-0.25, -0.2) is 4.98 Å². The van der Waals surface area contributed by atoms with Gasteiger partial charge in [0.2, 0.25) is 5.88 Å². The second-order valence-corrected chi connectivity index (χ2v) is 3.66. The molecule has 14 heavy (non-hydrogen) atoms. The van der Waals surface area contributed by atoms with Crippen molar-refractivity contribution in [2.45, 2.75) is 31.8 Å². The zero-order valence-corrected chi connectivity index (χ0v) is 8.19. The van der Waals surface area contributed by atoms with Gasteiger partial charge in [0.05, 0.1) is 0 Å². The molecular weight excluding hydrogens is 178 g/mol. The Morgan fingerprint density at radius 2 is 2.36 bits per heavy atom. The predicted molar refractivity (Wildman–Crippen MR) is 52.5 cm³/mol. The first kappa shape index (κ1) is 9.19. The Morgan fingerprint density at radius 3 is 2.93 bits per heavy atom. The molecule has 1 fully saturated rings. The number of carbonyl (C=O) groups excluding carboxylic acids is 1. The fourth-order valence-corrected chi connectivity index (χ4v) is 1.44. The van der Waals surface area contributed by atoms with Crippen molar-refractivity contribution in [3.63, 3.8) is 0 Å². The van der Waals surface area contributed by atoms with Gasteiger partial charge in [0.1, 0.15) is 11.3 Å². The molecule has 0 bridgehead atoms. The first-order valence-corrected chi connectivity index (χ1v) is 4.89. The number of aldehydes is 1. The van der Waals surface area contributed by atoms with Crippen LogP contribution in [-0.4, -0.2) is 16.9 Å². The summed E-state index contributed by atoms with van der Waals surface area (Å²) in [4.78, 5) is 14.6. The second-order valence-electron chi connectivity index (χ2n) is 3.66. The molecule has 0 amide bonds. The summed E-state index contributed by atoms with van der Waals surface area (Å²) in [5.41, 5.74) is 0.434. The van der Waals surface area contributed by atoms with Crippen LogP contribution in [0.1, 0.15) is 36.7 Å². The topological polar surface area (TPSA) is 39.2 Å². The molecule has 0 aliphatic heterocycles. The van der Waals surface area contributed by atoms with Gasteiger partial charge >= 0.3 is 0 Å². The van der Waals surface area contributed by atoms with E-state index in [4.69, 9.17) is 4.74 Å². The Balaban J connectivity index is 2.12. The number of carbonyl (C=O) groups is 1. The van der Waals surface area contributed by atoms with E-state index in [1.54, 1.807) is 18.2 Å². The molecule has 3 heteroatoms. The first-order valence-electron chi connectivity index (χ1n) is 4.89. The normalized spacial score (nSPS) is 17.5. The van der Waals surface area contributed by atoms with Crippen LogP contribution in [0.15, 0.2) is 18.2 Å². The fraction of sp³-hybridized carbons (Fsp3) is 0.455. The molecule has 0 spiro atoms. The van der Waals surface area contributed by atoms with Gasteiger partial charge in [-0.15, -0.1) is 0 Å². The van der Waals surface area contributed by atoms with Crippen molar-refractivity contribution in [2.75, 3.05) is 0 Å².